The monoisotopic (exact) mass is 393 g/mol. The Kier molecular flexibility index (Phi) is 5.04. The maximum atomic E-state index is 12.9. The molecule has 3 rings (SSSR count). The third-order valence-electron chi connectivity index (χ3n) is 4.43. The van der Waals surface area contributed by atoms with E-state index in [1.807, 2.05) is 6.07 Å². The first kappa shape index (κ1) is 20.0. The molecule has 1 aliphatic rings. The summed E-state index contributed by atoms with van der Waals surface area (Å²) >= 11 is 0. The summed E-state index contributed by atoms with van der Waals surface area (Å²) in [6.07, 6.45) is -4.27. The number of amides is 1. The lowest BCUT2D eigenvalue weighted by atomic mass is 9.98. The van der Waals surface area contributed by atoms with E-state index in [0.717, 1.165) is 17.7 Å². The second-order valence-corrected chi connectivity index (χ2v) is 7.61. The fourth-order valence-corrected chi connectivity index (χ4v) is 3.24. The number of halogens is 3. The predicted molar refractivity (Wildman–Crippen MR) is 101 cm³/mol. The summed E-state index contributed by atoms with van der Waals surface area (Å²) in [6.45, 7) is 5.78. The average Bonchev–Trinajstić information content (AvgIpc) is 3.03. The second-order valence-electron chi connectivity index (χ2n) is 7.61. The molecule has 0 saturated heterocycles. The van der Waals surface area contributed by atoms with Gasteiger partial charge in [0.2, 0.25) is 0 Å². The molecule has 0 saturated carbocycles. The molecule has 0 fully saturated rings. The number of anilines is 1. The molecule has 0 unspecified atom stereocenters. The molecular formula is C21H22F3NO3. The molecule has 7 heteroatoms. The Labute approximate surface area is 161 Å². The smallest absolute Gasteiger partial charge is 0.416 e. The van der Waals surface area contributed by atoms with Crippen molar-refractivity contribution in [2.45, 2.75) is 39.0 Å². The largest absolute Gasteiger partial charge is 0.496 e. The third kappa shape index (κ3) is 3.93. The van der Waals surface area contributed by atoms with Gasteiger partial charge in [0, 0.05) is 12.1 Å². The van der Waals surface area contributed by atoms with Crippen LogP contribution in [-0.4, -0.2) is 25.3 Å². The lowest BCUT2D eigenvalue weighted by molar-refractivity contribution is -0.137. The van der Waals surface area contributed by atoms with Crippen LogP contribution in [0.3, 0.4) is 0 Å². The summed E-state index contributed by atoms with van der Waals surface area (Å²) in [7, 11) is 1.49. The lowest BCUT2D eigenvalue weighted by Crippen LogP contribution is -2.36. The fraction of sp³-hybridized carbons (Fsp3) is 0.381. The van der Waals surface area contributed by atoms with E-state index in [4.69, 9.17) is 9.47 Å². The molecule has 0 spiro atoms. The van der Waals surface area contributed by atoms with Crippen molar-refractivity contribution in [3.05, 3.63) is 47.5 Å². The number of benzene rings is 2. The number of alkyl halides is 3. The molecule has 2 aromatic rings. The predicted octanol–water partition coefficient (Wildman–Crippen LogP) is 5.68. The zero-order chi connectivity index (χ0) is 20.7. The van der Waals surface area contributed by atoms with Gasteiger partial charge >= 0.3 is 12.3 Å². The van der Waals surface area contributed by atoms with Crippen LogP contribution in [-0.2, 0) is 17.3 Å². The van der Waals surface area contributed by atoms with Crippen LogP contribution in [0.25, 0.3) is 11.1 Å². The minimum atomic E-state index is -4.41. The number of ether oxygens (including phenoxy) is 2. The highest BCUT2D eigenvalue weighted by Gasteiger charge is 2.34. The highest BCUT2D eigenvalue weighted by Crippen LogP contribution is 2.45. The van der Waals surface area contributed by atoms with E-state index < -0.39 is 23.4 Å². The van der Waals surface area contributed by atoms with Crippen LogP contribution in [0, 0.1) is 0 Å². The summed E-state index contributed by atoms with van der Waals surface area (Å²) in [5.74, 6) is 0.481. The minimum absolute atomic E-state index is 0.436. The van der Waals surface area contributed by atoms with Crippen molar-refractivity contribution in [2.24, 2.45) is 0 Å². The first-order valence-corrected chi connectivity index (χ1v) is 8.89. The number of nitrogens with zero attached hydrogens (tertiary/aromatic N) is 1. The van der Waals surface area contributed by atoms with Gasteiger partial charge in [0.05, 0.1) is 18.4 Å². The summed E-state index contributed by atoms with van der Waals surface area (Å²) in [4.78, 5) is 14.2. The Morgan fingerprint density at radius 2 is 1.68 bits per heavy atom. The molecule has 0 atom stereocenters. The molecule has 0 N–H and O–H groups in total. The van der Waals surface area contributed by atoms with Crippen LogP contribution in [0.2, 0.25) is 0 Å². The number of hydrogen-bond acceptors (Lipinski definition) is 3. The van der Waals surface area contributed by atoms with E-state index in [2.05, 4.69) is 0 Å². The molecule has 150 valence electrons. The van der Waals surface area contributed by atoms with Gasteiger partial charge < -0.3 is 9.47 Å². The average molecular weight is 393 g/mol. The summed E-state index contributed by atoms with van der Waals surface area (Å²) < 4.78 is 49.7. The quantitative estimate of drug-likeness (QED) is 0.659. The molecule has 0 radical (unpaired) electrons. The number of carbonyl (C=O) groups excluding carboxylic acids is 1. The Bertz CT molecular complexity index is 883. The zero-order valence-corrected chi connectivity index (χ0v) is 16.2. The number of methoxy groups -OCH3 is 1. The van der Waals surface area contributed by atoms with E-state index in [9.17, 15) is 18.0 Å². The second kappa shape index (κ2) is 7.04. The van der Waals surface area contributed by atoms with Gasteiger partial charge in [-0.1, -0.05) is 18.2 Å². The van der Waals surface area contributed by atoms with Crippen molar-refractivity contribution < 1.29 is 27.4 Å². The molecule has 0 bridgehead atoms. The van der Waals surface area contributed by atoms with Gasteiger partial charge in [0.1, 0.15) is 11.4 Å². The zero-order valence-electron chi connectivity index (χ0n) is 16.2. The van der Waals surface area contributed by atoms with Gasteiger partial charge in [-0.05, 0) is 56.5 Å². The van der Waals surface area contributed by atoms with Gasteiger partial charge in [-0.15, -0.1) is 0 Å². The Balaban J connectivity index is 2.10. The van der Waals surface area contributed by atoms with E-state index in [-0.39, 0.29) is 0 Å². The Hall–Kier alpha value is -2.70. The van der Waals surface area contributed by atoms with Crippen LogP contribution in [0.15, 0.2) is 36.4 Å². The molecule has 0 aromatic heterocycles. The van der Waals surface area contributed by atoms with Gasteiger partial charge in [0.15, 0.2) is 0 Å². The van der Waals surface area contributed by atoms with Gasteiger partial charge in [-0.25, -0.2) is 4.79 Å². The van der Waals surface area contributed by atoms with Crippen LogP contribution in [0.1, 0.15) is 31.9 Å². The fourth-order valence-electron chi connectivity index (χ4n) is 3.24. The van der Waals surface area contributed by atoms with Crippen LogP contribution < -0.4 is 9.64 Å². The summed E-state index contributed by atoms with van der Waals surface area (Å²) in [5.41, 5.74) is 1.27. The van der Waals surface area contributed by atoms with Crippen molar-refractivity contribution in [1.29, 1.82) is 0 Å². The highest BCUT2D eigenvalue weighted by atomic mass is 19.4. The number of fused-ring (bicyclic) bond motifs is 1. The van der Waals surface area contributed by atoms with Crippen molar-refractivity contribution in [3.8, 4) is 16.9 Å². The first-order valence-electron chi connectivity index (χ1n) is 8.89. The van der Waals surface area contributed by atoms with Gasteiger partial charge in [0.25, 0.3) is 0 Å². The van der Waals surface area contributed by atoms with Crippen LogP contribution in [0.4, 0.5) is 23.7 Å². The Morgan fingerprint density at radius 1 is 1.04 bits per heavy atom. The normalized spacial score (nSPS) is 14.0. The third-order valence-corrected chi connectivity index (χ3v) is 4.43. The van der Waals surface area contributed by atoms with E-state index in [1.54, 1.807) is 26.8 Å². The molecule has 4 nitrogen and oxygen atoms in total. The van der Waals surface area contributed by atoms with Crippen LogP contribution in [0.5, 0.6) is 5.75 Å². The molecular weight excluding hydrogens is 371 g/mol. The summed E-state index contributed by atoms with van der Waals surface area (Å²) in [5, 5.41) is 0. The topological polar surface area (TPSA) is 38.8 Å². The minimum Gasteiger partial charge on any atom is -0.496 e. The SMILES string of the molecule is COc1ccc2c(c1-c1ccc(C(F)(F)F)cc1)N(C(=O)OC(C)(C)C)CC2. The molecule has 1 aliphatic heterocycles. The first-order chi connectivity index (χ1) is 13.0. The molecule has 28 heavy (non-hydrogen) atoms. The molecule has 0 aliphatic carbocycles. The molecule has 1 heterocycles. The van der Waals surface area contributed by atoms with Gasteiger partial charge in [-0.3, -0.25) is 4.90 Å². The maximum absolute atomic E-state index is 12.9. The Morgan fingerprint density at radius 3 is 2.21 bits per heavy atom. The lowest BCUT2D eigenvalue weighted by Gasteiger charge is -2.26. The highest BCUT2D eigenvalue weighted by molar-refractivity contribution is 5.99. The van der Waals surface area contributed by atoms with E-state index in [1.165, 1.54) is 24.1 Å². The van der Waals surface area contributed by atoms with Crippen molar-refractivity contribution >= 4 is 11.8 Å². The van der Waals surface area contributed by atoms with Gasteiger partial charge in [-0.2, -0.15) is 13.2 Å². The van der Waals surface area contributed by atoms with E-state index >= 15 is 0 Å². The van der Waals surface area contributed by atoms with Crippen LogP contribution >= 0.6 is 0 Å². The number of rotatable bonds is 2. The number of hydrogen-bond donors (Lipinski definition) is 0. The van der Waals surface area contributed by atoms with Crippen molar-refractivity contribution in [2.75, 3.05) is 18.6 Å². The molecule has 2 aromatic carbocycles. The number of carbonyl (C=O) groups is 1. The van der Waals surface area contributed by atoms with Crippen molar-refractivity contribution in [3.63, 3.8) is 0 Å². The molecule has 1 amide bonds. The summed E-state index contributed by atoms with van der Waals surface area (Å²) in [6, 6.07) is 8.48. The van der Waals surface area contributed by atoms with E-state index in [0.29, 0.717) is 35.5 Å². The standard InChI is InChI=1S/C21H22F3NO3/c1-20(2,3)28-19(26)25-12-11-14-7-10-16(27-4)17(18(14)25)13-5-8-15(9-6-13)21(22,23)24/h5-10H,11-12H2,1-4H3. The maximum Gasteiger partial charge on any atom is 0.416 e. The van der Waals surface area contributed by atoms with Crippen molar-refractivity contribution in [1.82, 2.24) is 0 Å².